The maximum atomic E-state index is 12.5. The van der Waals surface area contributed by atoms with Gasteiger partial charge in [-0.05, 0) is 31.7 Å². The summed E-state index contributed by atoms with van der Waals surface area (Å²) in [4.78, 5) is 23.9. The van der Waals surface area contributed by atoms with Gasteiger partial charge in [0.25, 0.3) is 0 Å². The number of hydrogen-bond donors (Lipinski definition) is 2. The van der Waals surface area contributed by atoms with Gasteiger partial charge < -0.3 is 10.6 Å². The zero-order valence-electron chi connectivity index (χ0n) is 13.8. The molecule has 0 spiro atoms. The van der Waals surface area contributed by atoms with Crippen LogP contribution in [-0.2, 0) is 15.0 Å². The van der Waals surface area contributed by atoms with Gasteiger partial charge in [0, 0.05) is 24.4 Å². The Morgan fingerprint density at radius 3 is 2.52 bits per heavy atom. The van der Waals surface area contributed by atoms with Crippen LogP contribution in [0.3, 0.4) is 0 Å². The molecule has 1 aromatic carbocycles. The summed E-state index contributed by atoms with van der Waals surface area (Å²) in [5.74, 6) is 0.195. The molecule has 4 heteroatoms. The average Bonchev–Trinajstić information content (AvgIpc) is 3.24. The smallest absolute Gasteiger partial charge is 0.237 e. The number of carbonyl (C=O) groups is 2. The van der Waals surface area contributed by atoms with Gasteiger partial charge in [-0.25, -0.2) is 0 Å². The summed E-state index contributed by atoms with van der Waals surface area (Å²) in [6, 6.07) is 10.3. The molecule has 1 aromatic rings. The molecule has 3 rings (SSSR count). The van der Waals surface area contributed by atoms with E-state index in [1.54, 1.807) is 6.92 Å². The summed E-state index contributed by atoms with van der Waals surface area (Å²) < 4.78 is 0. The van der Waals surface area contributed by atoms with E-state index < -0.39 is 0 Å². The summed E-state index contributed by atoms with van der Waals surface area (Å²) in [5.41, 5.74) is 1.41. The highest BCUT2D eigenvalue weighted by Gasteiger charge is 2.37. The molecule has 0 radical (unpaired) electrons. The number of amides is 1. The number of benzene rings is 1. The molecule has 1 heterocycles. The summed E-state index contributed by atoms with van der Waals surface area (Å²) >= 11 is 0. The lowest BCUT2D eigenvalue weighted by Gasteiger charge is -2.30. The minimum atomic E-state index is -0.224. The second kappa shape index (κ2) is 6.83. The van der Waals surface area contributed by atoms with Crippen LogP contribution in [0.5, 0.6) is 0 Å². The molecule has 2 N–H and O–H groups in total. The Bertz CT molecular complexity index is 564. The number of carbonyl (C=O) groups excluding carboxylic acids is 2. The minimum absolute atomic E-state index is 0.0136. The quantitative estimate of drug-likeness (QED) is 0.876. The first-order chi connectivity index (χ1) is 11.1. The molecule has 1 aliphatic heterocycles. The fourth-order valence-electron chi connectivity index (χ4n) is 4.04. The summed E-state index contributed by atoms with van der Waals surface area (Å²) in [5, 5.41) is 6.34. The van der Waals surface area contributed by atoms with Crippen molar-refractivity contribution < 1.29 is 9.59 Å². The fourth-order valence-corrected chi connectivity index (χ4v) is 4.04. The molecule has 2 unspecified atom stereocenters. The van der Waals surface area contributed by atoms with E-state index in [-0.39, 0.29) is 29.1 Å². The third-order valence-electron chi connectivity index (χ3n) is 5.57. The predicted molar refractivity (Wildman–Crippen MR) is 90.2 cm³/mol. The molecule has 0 aromatic heterocycles. The van der Waals surface area contributed by atoms with Crippen LogP contribution in [-0.4, -0.2) is 30.8 Å². The second-order valence-corrected chi connectivity index (χ2v) is 7.08. The van der Waals surface area contributed by atoms with Crippen LogP contribution in [0.15, 0.2) is 30.3 Å². The predicted octanol–water partition coefficient (Wildman–Crippen LogP) is 2.18. The Morgan fingerprint density at radius 2 is 1.91 bits per heavy atom. The van der Waals surface area contributed by atoms with Crippen LogP contribution in [0.4, 0.5) is 0 Å². The van der Waals surface area contributed by atoms with E-state index in [2.05, 4.69) is 34.9 Å². The Balaban J connectivity index is 1.62. The van der Waals surface area contributed by atoms with Crippen molar-refractivity contribution in [3.63, 3.8) is 0 Å². The lowest BCUT2D eigenvalue weighted by Crippen LogP contribution is -2.46. The third-order valence-corrected chi connectivity index (χ3v) is 5.57. The first-order valence-corrected chi connectivity index (χ1v) is 8.68. The largest absolute Gasteiger partial charge is 0.354 e. The van der Waals surface area contributed by atoms with Gasteiger partial charge in [0.05, 0.1) is 6.04 Å². The molecule has 0 bridgehead atoms. The maximum absolute atomic E-state index is 12.5. The highest BCUT2D eigenvalue weighted by Crippen LogP contribution is 2.40. The van der Waals surface area contributed by atoms with Crippen molar-refractivity contribution in [2.24, 2.45) is 5.92 Å². The Morgan fingerprint density at radius 1 is 1.22 bits per heavy atom. The topological polar surface area (TPSA) is 58.2 Å². The molecule has 2 aliphatic rings. The molecular weight excluding hydrogens is 288 g/mol. The standard InChI is InChI=1S/C19H26N2O2/c1-14(22)15-11-17(20-12-15)18(23)21-13-19(9-5-6-10-19)16-7-3-2-4-8-16/h2-4,7-8,15,17,20H,5-6,9-13H2,1H3,(H,21,23). The molecule has 124 valence electrons. The fraction of sp³-hybridized carbons (Fsp3) is 0.579. The number of Topliss-reactive ketones (excluding diaryl/α,β-unsaturated/α-hetero) is 1. The highest BCUT2D eigenvalue weighted by atomic mass is 16.2. The van der Waals surface area contributed by atoms with Crippen molar-refractivity contribution in [2.75, 3.05) is 13.1 Å². The number of rotatable bonds is 5. The Labute approximate surface area is 138 Å². The number of nitrogens with one attached hydrogen (secondary N) is 2. The van der Waals surface area contributed by atoms with Gasteiger partial charge in [-0.15, -0.1) is 0 Å². The molecule has 1 amide bonds. The van der Waals surface area contributed by atoms with Crippen LogP contribution < -0.4 is 10.6 Å². The first-order valence-electron chi connectivity index (χ1n) is 8.68. The minimum Gasteiger partial charge on any atom is -0.354 e. The van der Waals surface area contributed by atoms with E-state index >= 15 is 0 Å². The molecule has 1 aliphatic carbocycles. The van der Waals surface area contributed by atoms with Crippen LogP contribution in [0.1, 0.15) is 44.6 Å². The average molecular weight is 314 g/mol. The van der Waals surface area contributed by atoms with E-state index in [9.17, 15) is 9.59 Å². The molecule has 1 saturated heterocycles. The van der Waals surface area contributed by atoms with Crippen LogP contribution >= 0.6 is 0 Å². The van der Waals surface area contributed by atoms with Crippen molar-refractivity contribution >= 4 is 11.7 Å². The van der Waals surface area contributed by atoms with Crippen LogP contribution in [0.2, 0.25) is 0 Å². The molecule has 2 atom stereocenters. The number of ketones is 1. The third kappa shape index (κ3) is 3.47. The normalized spacial score (nSPS) is 26.1. The van der Waals surface area contributed by atoms with Crippen molar-refractivity contribution in [1.82, 2.24) is 10.6 Å². The molecule has 1 saturated carbocycles. The molecule has 4 nitrogen and oxygen atoms in total. The van der Waals surface area contributed by atoms with E-state index in [1.807, 2.05) is 6.07 Å². The zero-order chi connectivity index (χ0) is 16.3. The summed E-state index contributed by atoms with van der Waals surface area (Å²) in [6.45, 7) is 2.92. The van der Waals surface area contributed by atoms with Crippen molar-refractivity contribution in [2.45, 2.75) is 50.5 Å². The first kappa shape index (κ1) is 16.2. The molecular formula is C19H26N2O2. The monoisotopic (exact) mass is 314 g/mol. The zero-order valence-corrected chi connectivity index (χ0v) is 13.8. The maximum Gasteiger partial charge on any atom is 0.237 e. The van der Waals surface area contributed by atoms with E-state index in [0.717, 1.165) is 12.8 Å². The van der Waals surface area contributed by atoms with Gasteiger partial charge in [0.2, 0.25) is 5.91 Å². The van der Waals surface area contributed by atoms with Gasteiger partial charge in [-0.1, -0.05) is 43.2 Å². The molecule has 2 fully saturated rings. The summed E-state index contributed by atoms with van der Waals surface area (Å²) in [6.07, 6.45) is 5.33. The van der Waals surface area contributed by atoms with E-state index in [0.29, 0.717) is 19.5 Å². The van der Waals surface area contributed by atoms with E-state index in [4.69, 9.17) is 0 Å². The highest BCUT2D eigenvalue weighted by molar-refractivity contribution is 5.85. The van der Waals surface area contributed by atoms with Gasteiger partial charge in [0.1, 0.15) is 5.78 Å². The van der Waals surface area contributed by atoms with Crippen LogP contribution in [0, 0.1) is 5.92 Å². The Kier molecular flexibility index (Phi) is 4.81. The number of hydrogen-bond acceptors (Lipinski definition) is 3. The van der Waals surface area contributed by atoms with Gasteiger partial charge in [0.15, 0.2) is 0 Å². The van der Waals surface area contributed by atoms with Gasteiger partial charge >= 0.3 is 0 Å². The van der Waals surface area contributed by atoms with Gasteiger partial charge in [-0.3, -0.25) is 9.59 Å². The summed E-state index contributed by atoms with van der Waals surface area (Å²) in [7, 11) is 0. The second-order valence-electron chi connectivity index (χ2n) is 7.08. The molecule has 23 heavy (non-hydrogen) atoms. The van der Waals surface area contributed by atoms with Gasteiger partial charge in [-0.2, -0.15) is 0 Å². The van der Waals surface area contributed by atoms with Crippen LogP contribution in [0.25, 0.3) is 0 Å². The van der Waals surface area contributed by atoms with Crippen molar-refractivity contribution in [1.29, 1.82) is 0 Å². The van der Waals surface area contributed by atoms with Crippen molar-refractivity contribution in [3.05, 3.63) is 35.9 Å². The Hall–Kier alpha value is -1.68. The SMILES string of the molecule is CC(=O)C1CNC(C(=O)NCC2(c3ccccc3)CCCC2)C1. The lowest BCUT2D eigenvalue weighted by molar-refractivity contribution is -0.123. The van der Waals surface area contributed by atoms with E-state index in [1.165, 1.54) is 18.4 Å². The lowest BCUT2D eigenvalue weighted by atomic mass is 9.79. The van der Waals surface area contributed by atoms with Crippen molar-refractivity contribution in [3.8, 4) is 0 Å².